The lowest BCUT2D eigenvalue weighted by molar-refractivity contribution is -0.125. The highest BCUT2D eigenvalue weighted by atomic mass is 16.1. The normalized spacial score (nSPS) is 18.4. The quantitative estimate of drug-likeness (QED) is 0.649. The van der Waals surface area contributed by atoms with Crippen LogP contribution < -0.4 is 11.1 Å². The number of amides is 1. The first kappa shape index (κ1) is 11.2. The summed E-state index contributed by atoms with van der Waals surface area (Å²) in [5.41, 5.74) is 5.40. The summed E-state index contributed by atoms with van der Waals surface area (Å²) in [5, 5.41) is 3.05. The van der Waals surface area contributed by atoms with E-state index < -0.39 is 0 Å². The smallest absolute Gasteiger partial charge is 0.223 e. The molecule has 0 heterocycles. The molecule has 1 unspecified atom stereocenters. The average molecular weight is 196 g/mol. The zero-order valence-electron chi connectivity index (χ0n) is 8.83. The molecule has 0 fully saturated rings. The summed E-state index contributed by atoms with van der Waals surface area (Å²) < 4.78 is 0. The van der Waals surface area contributed by atoms with Crippen molar-refractivity contribution in [1.82, 2.24) is 5.32 Å². The van der Waals surface area contributed by atoms with Crippen LogP contribution in [0.4, 0.5) is 0 Å². The van der Waals surface area contributed by atoms with Crippen molar-refractivity contribution >= 4 is 5.91 Å². The van der Waals surface area contributed by atoms with Gasteiger partial charge < -0.3 is 11.1 Å². The fourth-order valence-electron chi connectivity index (χ4n) is 1.63. The van der Waals surface area contributed by atoms with Crippen molar-refractivity contribution in [2.75, 3.05) is 6.54 Å². The van der Waals surface area contributed by atoms with Gasteiger partial charge >= 0.3 is 0 Å². The first-order valence-electron chi connectivity index (χ1n) is 5.39. The molecule has 1 atom stereocenters. The van der Waals surface area contributed by atoms with Crippen LogP contribution in [-0.4, -0.2) is 18.5 Å². The highest BCUT2D eigenvalue weighted by Crippen LogP contribution is 2.11. The summed E-state index contributed by atoms with van der Waals surface area (Å²) in [5.74, 6) is 0.270. The summed E-state index contributed by atoms with van der Waals surface area (Å²) in [7, 11) is 0. The van der Waals surface area contributed by atoms with Crippen LogP contribution in [-0.2, 0) is 4.79 Å². The maximum atomic E-state index is 11.6. The number of nitrogens with one attached hydrogen (secondary N) is 1. The fraction of sp³-hybridized carbons (Fsp3) is 0.727. The zero-order valence-corrected chi connectivity index (χ0v) is 8.83. The number of nitrogens with two attached hydrogens (primary N) is 1. The third-order valence-corrected chi connectivity index (χ3v) is 2.64. The monoisotopic (exact) mass is 196 g/mol. The first-order valence-corrected chi connectivity index (χ1v) is 5.39. The molecule has 3 N–H and O–H groups in total. The highest BCUT2D eigenvalue weighted by Gasteiger charge is 2.17. The van der Waals surface area contributed by atoms with Crippen LogP contribution in [0.5, 0.6) is 0 Å². The van der Waals surface area contributed by atoms with Gasteiger partial charge in [0.1, 0.15) is 0 Å². The number of hydrogen-bond donors (Lipinski definition) is 2. The zero-order chi connectivity index (χ0) is 10.4. The van der Waals surface area contributed by atoms with Gasteiger partial charge in [-0.15, -0.1) is 0 Å². The van der Waals surface area contributed by atoms with Gasteiger partial charge in [0.25, 0.3) is 0 Å². The van der Waals surface area contributed by atoms with Crippen molar-refractivity contribution in [3.05, 3.63) is 12.2 Å². The van der Waals surface area contributed by atoms with Crippen LogP contribution in [0.3, 0.4) is 0 Å². The minimum Gasteiger partial charge on any atom is -0.353 e. The molecule has 1 rings (SSSR count). The van der Waals surface area contributed by atoms with Crippen LogP contribution in [0.25, 0.3) is 0 Å². The number of carbonyl (C=O) groups excluding carboxylic acids is 1. The Labute approximate surface area is 85.7 Å². The molecule has 0 aliphatic heterocycles. The molecule has 0 bridgehead atoms. The molecule has 0 aromatic rings. The van der Waals surface area contributed by atoms with Gasteiger partial charge in [-0.05, 0) is 32.2 Å². The molecule has 14 heavy (non-hydrogen) atoms. The van der Waals surface area contributed by atoms with Crippen molar-refractivity contribution in [2.24, 2.45) is 11.7 Å². The molecule has 1 aliphatic carbocycles. The molecular weight excluding hydrogens is 176 g/mol. The Bertz CT molecular complexity index is 205. The first-order chi connectivity index (χ1) is 6.74. The summed E-state index contributed by atoms with van der Waals surface area (Å²) in [6.45, 7) is 2.63. The second-order valence-corrected chi connectivity index (χ2v) is 3.98. The standard InChI is InChI=1S/C11H20N2O/c1-9(5-4-8-12)11(14)13-10-6-2-3-7-10/h2-3,9-10H,4-8,12H2,1H3,(H,13,14). The second kappa shape index (κ2) is 5.81. The molecule has 0 spiro atoms. The Morgan fingerprint density at radius 2 is 2.21 bits per heavy atom. The van der Waals surface area contributed by atoms with Crippen LogP contribution in [0.15, 0.2) is 12.2 Å². The molecule has 0 saturated carbocycles. The average Bonchev–Trinajstić information content (AvgIpc) is 2.66. The van der Waals surface area contributed by atoms with E-state index in [4.69, 9.17) is 5.73 Å². The number of rotatable bonds is 5. The lowest BCUT2D eigenvalue weighted by atomic mass is 10.0. The van der Waals surface area contributed by atoms with Gasteiger partial charge in [0.15, 0.2) is 0 Å². The van der Waals surface area contributed by atoms with Crippen molar-refractivity contribution in [3.63, 3.8) is 0 Å². The Hall–Kier alpha value is -0.830. The van der Waals surface area contributed by atoms with Gasteiger partial charge in [0.2, 0.25) is 5.91 Å². The van der Waals surface area contributed by atoms with E-state index in [9.17, 15) is 4.79 Å². The summed E-state index contributed by atoms with van der Waals surface area (Å²) in [6.07, 6.45) is 8.02. The van der Waals surface area contributed by atoms with Crippen molar-refractivity contribution in [1.29, 1.82) is 0 Å². The molecule has 1 amide bonds. The van der Waals surface area contributed by atoms with Gasteiger partial charge in [-0.25, -0.2) is 0 Å². The summed E-state index contributed by atoms with van der Waals surface area (Å²) in [6, 6.07) is 0.336. The third kappa shape index (κ3) is 3.50. The molecule has 1 aliphatic rings. The summed E-state index contributed by atoms with van der Waals surface area (Å²) in [4.78, 5) is 11.6. The molecule has 80 valence electrons. The molecular formula is C11H20N2O. The maximum Gasteiger partial charge on any atom is 0.223 e. The van der Waals surface area contributed by atoms with Crippen LogP contribution in [0, 0.1) is 5.92 Å². The molecule has 3 nitrogen and oxygen atoms in total. The van der Waals surface area contributed by atoms with E-state index in [1.54, 1.807) is 0 Å². The van der Waals surface area contributed by atoms with Gasteiger partial charge in [0.05, 0.1) is 0 Å². The SMILES string of the molecule is CC(CCCN)C(=O)NC1CC=CC1. The molecule has 0 saturated heterocycles. The topological polar surface area (TPSA) is 55.1 Å². The Morgan fingerprint density at radius 3 is 2.79 bits per heavy atom. The molecule has 0 aromatic heterocycles. The second-order valence-electron chi connectivity index (χ2n) is 3.98. The van der Waals surface area contributed by atoms with E-state index >= 15 is 0 Å². The maximum absolute atomic E-state index is 11.6. The lowest BCUT2D eigenvalue weighted by Gasteiger charge is -2.16. The van der Waals surface area contributed by atoms with E-state index in [0.717, 1.165) is 25.7 Å². The van der Waals surface area contributed by atoms with Crippen LogP contribution in [0.2, 0.25) is 0 Å². The van der Waals surface area contributed by atoms with Crippen molar-refractivity contribution < 1.29 is 4.79 Å². The molecule has 0 aromatic carbocycles. The van der Waals surface area contributed by atoms with Crippen molar-refractivity contribution in [3.8, 4) is 0 Å². The number of carbonyl (C=O) groups is 1. The third-order valence-electron chi connectivity index (χ3n) is 2.64. The predicted molar refractivity (Wildman–Crippen MR) is 57.8 cm³/mol. The summed E-state index contributed by atoms with van der Waals surface area (Å²) >= 11 is 0. The van der Waals surface area contributed by atoms with Crippen molar-refractivity contribution in [2.45, 2.75) is 38.6 Å². The van der Waals surface area contributed by atoms with E-state index in [1.165, 1.54) is 0 Å². The molecule has 0 radical (unpaired) electrons. The largest absolute Gasteiger partial charge is 0.353 e. The minimum atomic E-state index is 0.0964. The Kier molecular flexibility index (Phi) is 4.66. The van der Waals surface area contributed by atoms with E-state index in [1.807, 2.05) is 6.92 Å². The van der Waals surface area contributed by atoms with Gasteiger partial charge in [-0.1, -0.05) is 19.1 Å². The van der Waals surface area contributed by atoms with Gasteiger partial charge in [-0.2, -0.15) is 0 Å². The van der Waals surface area contributed by atoms with E-state index in [-0.39, 0.29) is 11.8 Å². The number of hydrogen-bond acceptors (Lipinski definition) is 2. The van der Waals surface area contributed by atoms with E-state index in [0.29, 0.717) is 12.6 Å². The van der Waals surface area contributed by atoms with Crippen LogP contribution in [0.1, 0.15) is 32.6 Å². The van der Waals surface area contributed by atoms with Gasteiger partial charge in [-0.3, -0.25) is 4.79 Å². The fourth-order valence-corrected chi connectivity index (χ4v) is 1.63. The Balaban J connectivity index is 2.19. The Morgan fingerprint density at radius 1 is 1.57 bits per heavy atom. The lowest BCUT2D eigenvalue weighted by Crippen LogP contribution is -2.36. The van der Waals surface area contributed by atoms with Gasteiger partial charge in [0, 0.05) is 12.0 Å². The predicted octanol–water partition coefficient (Wildman–Crippen LogP) is 1.20. The van der Waals surface area contributed by atoms with E-state index in [2.05, 4.69) is 17.5 Å². The highest BCUT2D eigenvalue weighted by molar-refractivity contribution is 5.78. The molecule has 3 heteroatoms. The van der Waals surface area contributed by atoms with Crippen LogP contribution >= 0.6 is 0 Å². The minimum absolute atomic E-state index is 0.0964.